The van der Waals surface area contributed by atoms with E-state index in [0.717, 1.165) is 20.9 Å². The first kappa shape index (κ1) is 35.0. The second-order valence-electron chi connectivity index (χ2n) is 10.9. The quantitative estimate of drug-likeness (QED) is 0.0452. The lowest BCUT2D eigenvalue weighted by Crippen LogP contribution is -2.23. The summed E-state index contributed by atoms with van der Waals surface area (Å²) < 4.78 is 38.3. The molecule has 0 N–H and O–H groups in total. The minimum absolute atomic E-state index is 0.166. The third-order valence-corrected chi connectivity index (χ3v) is 10.9. The molecule has 0 saturated heterocycles. The largest absolute Gasteiger partial charge is 0.612 e. The highest BCUT2D eigenvalue weighted by atomic mass is 33.1. The van der Waals surface area contributed by atoms with E-state index in [1.165, 1.54) is 12.1 Å². The van der Waals surface area contributed by atoms with Crippen molar-refractivity contribution in [3.63, 3.8) is 0 Å². The number of hydrogen-bond acceptors (Lipinski definition) is 10. The molecule has 2 aliphatic rings. The number of nitrogens with zero attached hydrogens (tertiary/aromatic N) is 1. The number of carbonyl (C=O) groups is 2. The summed E-state index contributed by atoms with van der Waals surface area (Å²) in [5, 5.41) is 9.76. The molecule has 0 amide bonds. The second kappa shape index (κ2) is 15.3. The molecule has 0 spiro atoms. The average Bonchev–Trinajstić information content (AvgIpc) is 3.58. The molecule has 1 aliphatic heterocycles. The maximum atomic E-state index is 15.5. The van der Waals surface area contributed by atoms with Crippen LogP contribution in [0.15, 0.2) is 88.7 Å². The number of rotatable bonds is 12. The molecule has 0 aromatic heterocycles. The molecule has 13 heteroatoms. The van der Waals surface area contributed by atoms with Crippen molar-refractivity contribution in [3.8, 4) is 11.5 Å². The topological polar surface area (TPSA) is 128 Å². The lowest BCUT2D eigenvalue weighted by molar-refractivity contribution is -0.768. The maximum absolute atomic E-state index is 15.5. The van der Waals surface area contributed by atoms with Gasteiger partial charge in [-0.25, -0.2) is 4.39 Å². The van der Waals surface area contributed by atoms with Crippen molar-refractivity contribution in [2.75, 3.05) is 6.26 Å². The van der Waals surface area contributed by atoms with Crippen LogP contribution in [-0.2, 0) is 25.6 Å². The van der Waals surface area contributed by atoms with Gasteiger partial charge < -0.3 is 18.9 Å². The van der Waals surface area contributed by atoms with Crippen LogP contribution in [-0.4, -0.2) is 33.9 Å². The third-order valence-electron chi connectivity index (χ3n) is 7.60. The molecule has 5 rings (SSSR count). The standard InChI is InChI=1S/C35H30FNO8S3/c1-5-24(45-37(40)41)16-34(38)44-32-18-30-27(15-22-6-12-26(13-7-22)48(4)42)21(3)28(29(30)17-31(32)36)19-35(39)43-25-10-8-23(9-11-25)33-14-20(2)46-47-33/h6-15,17-18,24H,2,5,16,19H2,1,3-4H3/b27-15-. The van der Waals surface area contributed by atoms with Crippen LogP contribution in [0, 0.1) is 15.9 Å². The molecule has 0 fully saturated rings. The molecule has 3 aromatic carbocycles. The van der Waals surface area contributed by atoms with Gasteiger partial charge in [-0.2, -0.15) is 0 Å². The number of esters is 2. The van der Waals surface area contributed by atoms with Gasteiger partial charge in [0.15, 0.2) is 16.5 Å². The zero-order valence-electron chi connectivity index (χ0n) is 26.1. The van der Waals surface area contributed by atoms with Gasteiger partial charge in [0.05, 0.1) is 12.8 Å². The lowest BCUT2D eigenvalue weighted by atomic mass is 10.00. The van der Waals surface area contributed by atoms with Crippen LogP contribution in [0.5, 0.6) is 11.5 Å². The Morgan fingerprint density at radius 2 is 1.75 bits per heavy atom. The molecule has 1 heterocycles. The van der Waals surface area contributed by atoms with E-state index in [1.54, 1.807) is 71.2 Å². The Morgan fingerprint density at radius 1 is 1.04 bits per heavy atom. The fourth-order valence-electron chi connectivity index (χ4n) is 5.16. The van der Waals surface area contributed by atoms with Crippen molar-refractivity contribution in [3.05, 3.63) is 122 Å². The van der Waals surface area contributed by atoms with Crippen molar-refractivity contribution in [2.24, 2.45) is 0 Å². The summed E-state index contributed by atoms with van der Waals surface area (Å²) in [4.78, 5) is 43.8. The van der Waals surface area contributed by atoms with E-state index in [-0.39, 0.29) is 18.6 Å². The molecular formula is C35H30FNO8S3. The Kier molecular flexibility index (Phi) is 11.2. The second-order valence-corrected chi connectivity index (χ2v) is 14.5. The van der Waals surface area contributed by atoms with Crippen molar-refractivity contribution >= 4 is 66.8 Å². The van der Waals surface area contributed by atoms with Gasteiger partial charge >= 0.3 is 11.9 Å². The van der Waals surface area contributed by atoms with Gasteiger partial charge in [-0.05, 0) is 124 Å². The van der Waals surface area contributed by atoms with Crippen molar-refractivity contribution in [1.82, 2.24) is 0 Å². The third kappa shape index (κ3) is 8.40. The Morgan fingerprint density at radius 3 is 2.35 bits per heavy atom. The molecular weight excluding hydrogens is 678 g/mol. The highest BCUT2D eigenvalue weighted by Gasteiger charge is 2.29. The predicted octanol–water partition coefficient (Wildman–Crippen LogP) is 8.42. The zero-order valence-corrected chi connectivity index (χ0v) is 28.6. The number of ether oxygens (including phenoxy) is 2. The summed E-state index contributed by atoms with van der Waals surface area (Å²) in [6.07, 6.45) is 3.92. The van der Waals surface area contributed by atoms with Crippen molar-refractivity contribution < 1.29 is 37.9 Å². The van der Waals surface area contributed by atoms with Gasteiger partial charge in [0.2, 0.25) is 0 Å². The van der Waals surface area contributed by atoms with Gasteiger partial charge in [-0.15, -0.1) is 10.1 Å². The predicted molar refractivity (Wildman–Crippen MR) is 187 cm³/mol. The Balaban J connectivity index is 1.42. The van der Waals surface area contributed by atoms with E-state index < -0.39 is 46.5 Å². The first-order valence-electron chi connectivity index (χ1n) is 14.7. The van der Waals surface area contributed by atoms with Crippen LogP contribution in [0.4, 0.5) is 4.39 Å². The van der Waals surface area contributed by atoms with Crippen LogP contribution in [0.25, 0.3) is 22.1 Å². The van der Waals surface area contributed by atoms with Crippen LogP contribution >= 0.6 is 21.6 Å². The number of carbonyl (C=O) groups excluding carboxylic acids is 2. The van der Waals surface area contributed by atoms with E-state index >= 15 is 4.39 Å². The van der Waals surface area contributed by atoms with Gasteiger partial charge in [0.25, 0.3) is 5.09 Å². The van der Waals surface area contributed by atoms with Crippen molar-refractivity contribution in [1.29, 1.82) is 0 Å². The zero-order chi connectivity index (χ0) is 34.5. The normalized spacial score (nSPS) is 16.0. The molecule has 2 atom stereocenters. The molecule has 48 heavy (non-hydrogen) atoms. The number of hydrogen-bond donors (Lipinski definition) is 0. The minimum atomic E-state index is -1.16. The molecule has 0 radical (unpaired) electrons. The van der Waals surface area contributed by atoms with E-state index in [1.807, 2.05) is 31.2 Å². The lowest BCUT2D eigenvalue weighted by Gasteiger charge is -2.13. The molecule has 248 valence electrons. The number of benzene rings is 3. The average molecular weight is 708 g/mol. The van der Waals surface area contributed by atoms with Crippen LogP contribution in [0.3, 0.4) is 0 Å². The fraction of sp³-hybridized carbons (Fsp3) is 0.200. The summed E-state index contributed by atoms with van der Waals surface area (Å²) >= 11 is -1.16. The van der Waals surface area contributed by atoms with E-state index in [2.05, 4.69) is 11.4 Å². The van der Waals surface area contributed by atoms with E-state index in [0.29, 0.717) is 38.5 Å². The van der Waals surface area contributed by atoms with E-state index in [9.17, 15) is 24.3 Å². The first-order valence-corrected chi connectivity index (χ1v) is 18.4. The van der Waals surface area contributed by atoms with Crippen LogP contribution < -0.4 is 9.47 Å². The number of halogens is 1. The van der Waals surface area contributed by atoms with Gasteiger partial charge in [0.1, 0.15) is 18.1 Å². The minimum Gasteiger partial charge on any atom is -0.612 e. The highest BCUT2D eigenvalue weighted by Crippen LogP contribution is 2.49. The SMILES string of the molecule is C=C1C=C(c2ccc(OC(=O)CC3=C(C)/C(=C/c4ccc([S+](C)[O-])cc4)c4cc(OC(=O)CC(CC)O[N+](=O)[O-])c(F)cc43)cc2)SS1. The molecule has 2 unspecified atom stereocenters. The fourth-order valence-corrected chi connectivity index (χ4v) is 7.71. The molecule has 3 aromatic rings. The monoisotopic (exact) mass is 707 g/mol. The summed E-state index contributed by atoms with van der Waals surface area (Å²) in [7, 11) is 3.19. The maximum Gasteiger partial charge on any atom is 0.315 e. The molecule has 1 aliphatic carbocycles. The summed E-state index contributed by atoms with van der Waals surface area (Å²) in [6, 6.07) is 16.8. The van der Waals surface area contributed by atoms with Gasteiger partial charge in [-0.1, -0.05) is 47.2 Å². The first-order chi connectivity index (χ1) is 22.9. The number of allylic oxidation sites excluding steroid dienone is 3. The van der Waals surface area contributed by atoms with Gasteiger partial charge in [-0.3, -0.25) is 9.59 Å². The highest BCUT2D eigenvalue weighted by molar-refractivity contribution is 8.82. The summed E-state index contributed by atoms with van der Waals surface area (Å²) in [6.45, 7) is 7.37. The van der Waals surface area contributed by atoms with E-state index in [4.69, 9.17) is 9.47 Å². The van der Waals surface area contributed by atoms with Crippen molar-refractivity contribution in [2.45, 2.75) is 44.1 Å². The summed E-state index contributed by atoms with van der Waals surface area (Å²) in [5.74, 6) is -2.31. The molecule has 9 nitrogen and oxygen atoms in total. The Labute approximate surface area is 287 Å². The Bertz CT molecular complexity index is 1870. The smallest absolute Gasteiger partial charge is 0.315 e. The molecule has 0 bridgehead atoms. The Hall–Kier alpha value is -4.30. The number of fused-ring (bicyclic) bond motifs is 1. The van der Waals surface area contributed by atoms with Crippen LogP contribution in [0.2, 0.25) is 0 Å². The summed E-state index contributed by atoms with van der Waals surface area (Å²) in [5.41, 5.74) is 4.57. The molecule has 0 saturated carbocycles. The van der Waals surface area contributed by atoms with Gasteiger partial charge in [0, 0.05) is 9.81 Å². The van der Waals surface area contributed by atoms with Crippen LogP contribution in [0.1, 0.15) is 55.4 Å².